The lowest BCUT2D eigenvalue weighted by Crippen LogP contribution is -2.56. The van der Waals surface area contributed by atoms with Gasteiger partial charge in [-0.2, -0.15) is 0 Å². The van der Waals surface area contributed by atoms with E-state index in [4.69, 9.17) is 14.2 Å². The molecule has 1 aromatic carbocycles. The summed E-state index contributed by atoms with van der Waals surface area (Å²) >= 11 is 0. The number of nitrogens with zero attached hydrogens (tertiary/aromatic N) is 3. The highest BCUT2D eigenvalue weighted by Crippen LogP contribution is 2.38. The van der Waals surface area contributed by atoms with Crippen molar-refractivity contribution in [2.24, 2.45) is 0 Å². The van der Waals surface area contributed by atoms with E-state index in [1.54, 1.807) is 45.6 Å². The molecule has 1 amide bonds. The summed E-state index contributed by atoms with van der Waals surface area (Å²) in [6, 6.07) is 3.60. The average molecular weight is 418 g/mol. The highest BCUT2D eigenvalue weighted by Gasteiger charge is 2.30. The second kappa shape index (κ2) is 10.4. The van der Waals surface area contributed by atoms with Gasteiger partial charge >= 0.3 is 0 Å². The van der Waals surface area contributed by atoms with Crippen LogP contribution in [0.2, 0.25) is 0 Å². The normalized spacial score (nSPS) is 19.1. The van der Waals surface area contributed by atoms with Gasteiger partial charge in [-0.15, -0.1) is 0 Å². The number of benzene rings is 1. The molecule has 1 unspecified atom stereocenters. The van der Waals surface area contributed by atoms with Gasteiger partial charge in [-0.25, -0.2) is 0 Å². The summed E-state index contributed by atoms with van der Waals surface area (Å²) < 4.78 is 16.0. The fourth-order valence-electron chi connectivity index (χ4n) is 4.09. The van der Waals surface area contributed by atoms with Crippen LogP contribution in [0.15, 0.2) is 18.2 Å². The van der Waals surface area contributed by atoms with Gasteiger partial charge in [0.25, 0.3) is 0 Å². The lowest BCUT2D eigenvalue weighted by Gasteiger charge is -2.40. The summed E-state index contributed by atoms with van der Waals surface area (Å²) in [5, 5.41) is 0. The molecule has 1 aromatic rings. The predicted octanol–water partition coefficient (Wildman–Crippen LogP) is 1.49. The van der Waals surface area contributed by atoms with E-state index in [1.807, 2.05) is 4.90 Å². The van der Waals surface area contributed by atoms with Crippen LogP contribution in [0.25, 0.3) is 6.08 Å². The third-order valence-corrected chi connectivity index (χ3v) is 5.74. The standard InChI is InChI=1S/C22H31N3O5/c1-28-18-14-17(15-19(29-2)22(18)30-3)6-7-21(27)25-12-10-24(11-13-25)20(16-26)23-8-4-5-9-23/h6-7,14-16,20H,4-5,8-13H2,1-3H3/b7-6+. The van der Waals surface area contributed by atoms with E-state index >= 15 is 0 Å². The van der Waals surface area contributed by atoms with Crippen molar-refractivity contribution in [2.45, 2.75) is 19.0 Å². The van der Waals surface area contributed by atoms with E-state index < -0.39 is 0 Å². The molecule has 30 heavy (non-hydrogen) atoms. The Labute approximate surface area is 178 Å². The van der Waals surface area contributed by atoms with Crippen molar-refractivity contribution < 1.29 is 23.8 Å². The summed E-state index contributed by atoms with van der Waals surface area (Å²) in [6.07, 6.45) is 6.47. The number of hydrogen-bond acceptors (Lipinski definition) is 7. The van der Waals surface area contributed by atoms with Gasteiger partial charge in [0, 0.05) is 45.3 Å². The number of amides is 1. The SMILES string of the molecule is COc1cc(/C=C/C(=O)N2CCN(C(C=O)N3CCCC3)CC2)cc(OC)c1OC. The Balaban J connectivity index is 1.60. The zero-order chi connectivity index (χ0) is 21.5. The molecule has 2 aliphatic rings. The lowest BCUT2D eigenvalue weighted by molar-refractivity contribution is -0.129. The van der Waals surface area contributed by atoms with Crippen LogP contribution in [-0.2, 0) is 9.59 Å². The van der Waals surface area contributed by atoms with E-state index in [-0.39, 0.29) is 12.1 Å². The summed E-state index contributed by atoms with van der Waals surface area (Å²) in [5.41, 5.74) is 0.784. The van der Waals surface area contributed by atoms with Gasteiger partial charge in [0.15, 0.2) is 17.8 Å². The Morgan fingerprint density at radius 2 is 1.47 bits per heavy atom. The minimum absolute atomic E-state index is 0.0489. The maximum Gasteiger partial charge on any atom is 0.246 e. The molecule has 2 aliphatic heterocycles. The number of rotatable bonds is 8. The number of methoxy groups -OCH3 is 3. The van der Waals surface area contributed by atoms with Crippen molar-refractivity contribution in [3.8, 4) is 17.2 Å². The first-order valence-electron chi connectivity index (χ1n) is 10.3. The van der Waals surface area contributed by atoms with Gasteiger partial charge in [0.05, 0.1) is 21.3 Å². The molecule has 3 rings (SSSR count). The molecule has 0 aliphatic carbocycles. The van der Waals surface area contributed by atoms with Gasteiger partial charge in [-0.05, 0) is 36.6 Å². The first-order chi connectivity index (χ1) is 14.6. The maximum absolute atomic E-state index is 12.7. The van der Waals surface area contributed by atoms with Gasteiger partial charge in [-0.1, -0.05) is 0 Å². The number of carbonyl (C=O) groups is 2. The van der Waals surface area contributed by atoms with Crippen molar-refractivity contribution in [1.29, 1.82) is 0 Å². The van der Waals surface area contributed by atoms with Crippen molar-refractivity contribution >= 4 is 18.3 Å². The van der Waals surface area contributed by atoms with Gasteiger partial charge < -0.3 is 23.9 Å². The molecule has 1 atom stereocenters. The number of ether oxygens (including phenoxy) is 3. The summed E-state index contributed by atoms with van der Waals surface area (Å²) in [6.45, 7) is 4.56. The first-order valence-corrected chi connectivity index (χ1v) is 10.3. The molecule has 2 fully saturated rings. The molecule has 0 radical (unpaired) electrons. The van der Waals surface area contributed by atoms with Crippen LogP contribution in [-0.4, -0.2) is 93.7 Å². The minimum Gasteiger partial charge on any atom is -0.493 e. The van der Waals surface area contributed by atoms with Crippen molar-refractivity contribution in [1.82, 2.24) is 14.7 Å². The van der Waals surface area contributed by atoms with Crippen LogP contribution in [0.1, 0.15) is 18.4 Å². The van der Waals surface area contributed by atoms with Crippen LogP contribution in [0, 0.1) is 0 Å². The van der Waals surface area contributed by atoms with E-state index in [0.717, 1.165) is 37.8 Å². The molecule has 0 saturated carbocycles. The van der Waals surface area contributed by atoms with Crippen molar-refractivity contribution in [3.63, 3.8) is 0 Å². The average Bonchev–Trinajstić information content (AvgIpc) is 3.32. The highest BCUT2D eigenvalue weighted by atomic mass is 16.5. The number of piperazine rings is 1. The third kappa shape index (κ3) is 4.94. The van der Waals surface area contributed by atoms with Gasteiger partial charge in [0.1, 0.15) is 6.17 Å². The molecule has 0 spiro atoms. The van der Waals surface area contributed by atoms with E-state index in [1.165, 1.54) is 0 Å². The Bertz CT molecular complexity index is 743. The Kier molecular flexibility index (Phi) is 7.70. The topological polar surface area (TPSA) is 71.6 Å². The minimum atomic E-state index is -0.167. The molecule has 0 aromatic heterocycles. The Morgan fingerprint density at radius 1 is 0.900 bits per heavy atom. The molecular weight excluding hydrogens is 386 g/mol. The van der Waals surface area contributed by atoms with Crippen LogP contribution >= 0.6 is 0 Å². The van der Waals surface area contributed by atoms with Crippen LogP contribution < -0.4 is 14.2 Å². The first kappa shape index (κ1) is 22.1. The smallest absolute Gasteiger partial charge is 0.246 e. The zero-order valence-corrected chi connectivity index (χ0v) is 18.0. The van der Waals surface area contributed by atoms with Gasteiger partial charge in [-0.3, -0.25) is 14.6 Å². The van der Waals surface area contributed by atoms with E-state index in [0.29, 0.717) is 43.4 Å². The Morgan fingerprint density at radius 3 is 1.97 bits per heavy atom. The van der Waals surface area contributed by atoms with Gasteiger partial charge in [0.2, 0.25) is 11.7 Å². The third-order valence-electron chi connectivity index (χ3n) is 5.74. The molecular formula is C22H31N3O5. The quantitative estimate of drug-likeness (QED) is 0.469. The number of aldehydes is 1. The summed E-state index contributed by atoms with van der Waals surface area (Å²) in [5.74, 6) is 1.55. The largest absolute Gasteiger partial charge is 0.493 e. The molecule has 2 saturated heterocycles. The zero-order valence-electron chi connectivity index (χ0n) is 18.0. The fraction of sp³-hybridized carbons (Fsp3) is 0.545. The molecule has 8 nitrogen and oxygen atoms in total. The molecule has 0 N–H and O–H groups in total. The highest BCUT2D eigenvalue weighted by molar-refractivity contribution is 5.92. The number of likely N-dealkylation sites (tertiary alicyclic amines) is 1. The van der Waals surface area contributed by atoms with Crippen molar-refractivity contribution in [3.05, 3.63) is 23.8 Å². The van der Waals surface area contributed by atoms with Crippen LogP contribution in [0.4, 0.5) is 0 Å². The molecule has 8 heteroatoms. The van der Waals surface area contributed by atoms with E-state index in [2.05, 4.69) is 9.80 Å². The second-order valence-electron chi connectivity index (χ2n) is 7.45. The number of hydrogen-bond donors (Lipinski definition) is 0. The molecule has 2 heterocycles. The fourth-order valence-corrected chi connectivity index (χ4v) is 4.09. The monoisotopic (exact) mass is 417 g/mol. The second-order valence-corrected chi connectivity index (χ2v) is 7.45. The lowest BCUT2D eigenvalue weighted by atomic mass is 10.1. The van der Waals surface area contributed by atoms with Crippen molar-refractivity contribution in [2.75, 3.05) is 60.6 Å². The van der Waals surface area contributed by atoms with Crippen LogP contribution in [0.3, 0.4) is 0 Å². The number of carbonyl (C=O) groups excluding carboxylic acids is 2. The predicted molar refractivity (Wildman–Crippen MR) is 114 cm³/mol. The Hall–Kier alpha value is -2.58. The molecule has 164 valence electrons. The summed E-state index contributed by atoms with van der Waals surface area (Å²) in [7, 11) is 4.67. The molecule has 0 bridgehead atoms. The maximum atomic E-state index is 12.7. The van der Waals surface area contributed by atoms with Crippen LogP contribution in [0.5, 0.6) is 17.2 Å². The summed E-state index contributed by atoms with van der Waals surface area (Å²) in [4.78, 5) is 30.5. The van der Waals surface area contributed by atoms with E-state index in [9.17, 15) is 9.59 Å².